The third-order valence-electron chi connectivity index (χ3n) is 4.28. The Labute approximate surface area is 138 Å². The van der Waals surface area contributed by atoms with Gasteiger partial charge in [0.25, 0.3) is 5.71 Å². The predicted molar refractivity (Wildman–Crippen MR) is 85.7 cm³/mol. The van der Waals surface area contributed by atoms with Crippen LogP contribution in [0.1, 0.15) is 23.0 Å². The van der Waals surface area contributed by atoms with Crippen molar-refractivity contribution in [3.05, 3.63) is 29.0 Å². The Balaban J connectivity index is 1.59. The molecule has 0 amide bonds. The van der Waals surface area contributed by atoms with E-state index in [0.717, 1.165) is 34.8 Å². The van der Waals surface area contributed by atoms with E-state index in [4.69, 9.17) is 13.8 Å². The van der Waals surface area contributed by atoms with Crippen LogP contribution in [-0.4, -0.2) is 39.5 Å². The fourth-order valence-electron chi connectivity index (χ4n) is 3.11. The van der Waals surface area contributed by atoms with Crippen LogP contribution in [0.4, 0.5) is 5.82 Å². The third kappa shape index (κ3) is 2.73. The number of aromatic nitrogens is 4. The molecule has 1 saturated heterocycles. The van der Waals surface area contributed by atoms with E-state index < -0.39 is 0 Å². The molecule has 2 atom stereocenters. The first-order valence-electron chi connectivity index (χ1n) is 7.97. The lowest BCUT2D eigenvalue weighted by Gasteiger charge is -2.19. The Kier molecular flexibility index (Phi) is 3.68. The number of hydrogen-bond acceptors (Lipinski definition) is 8. The van der Waals surface area contributed by atoms with Crippen molar-refractivity contribution in [2.75, 3.05) is 18.5 Å². The second-order valence-corrected chi connectivity index (χ2v) is 6.25. The Bertz CT molecular complexity index is 872. The fraction of sp³-hybridized carbons (Fsp3) is 0.500. The van der Waals surface area contributed by atoms with Crippen LogP contribution in [0.3, 0.4) is 0 Å². The maximum Gasteiger partial charge on any atom is 0.263 e. The normalized spacial score (nSPS) is 20.8. The van der Waals surface area contributed by atoms with Gasteiger partial charge in [-0.3, -0.25) is 0 Å². The summed E-state index contributed by atoms with van der Waals surface area (Å²) in [6.07, 6.45) is 0.772. The third-order valence-corrected chi connectivity index (χ3v) is 4.28. The van der Waals surface area contributed by atoms with Crippen LogP contribution in [0.25, 0.3) is 11.1 Å². The van der Waals surface area contributed by atoms with Gasteiger partial charge in [-0.1, -0.05) is 10.3 Å². The summed E-state index contributed by atoms with van der Waals surface area (Å²) in [6, 6.07) is 2.09. The van der Waals surface area contributed by atoms with Crippen LogP contribution in [0.15, 0.2) is 15.1 Å². The minimum Gasteiger partial charge on any atom is -0.379 e. The van der Waals surface area contributed by atoms with Gasteiger partial charge in [0.2, 0.25) is 0 Å². The first-order chi connectivity index (χ1) is 11.6. The zero-order valence-electron chi connectivity index (χ0n) is 13.9. The van der Waals surface area contributed by atoms with Crippen molar-refractivity contribution in [1.82, 2.24) is 20.3 Å². The number of hydrogen-bond donors (Lipinski definition) is 1. The van der Waals surface area contributed by atoms with E-state index in [-0.39, 0.29) is 12.0 Å². The number of nitrogens with zero attached hydrogens (tertiary/aromatic N) is 4. The number of rotatable bonds is 4. The quantitative estimate of drug-likeness (QED) is 0.777. The van der Waals surface area contributed by atoms with Crippen LogP contribution in [0, 0.1) is 26.7 Å². The minimum absolute atomic E-state index is 0.127. The molecule has 0 aromatic carbocycles. The van der Waals surface area contributed by atoms with Crippen LogP contribution < -0.4 is 5.32 Å². The summed E-state index contributed by atoms with van der Waals surface area (Å²) in [4.78, 5) is 8.82. The molecular formula is C16H19N5O3. The van der Waals surface area contributed by atoms with Gasteiger partial charge in [-0.05, 0) is 20.8 Å². The number of fused-ring (bicyclic) bond motifs is 1. The van der Waals surface area contributed by atoms with Gasteiger partial charge in [0.15, 0.2) is 0 Å². The second-order valence-electron chi connectivity index (χ2n) is 6.25. The minimum atomic E-state index is 0.127. The lowest BCUT2D eigenvalue weighted by Crippen LogP contribution is -2.29. The summed E-state index contributed by atoms with van der Waals surface area (Å²) in [5, 5.41) is 12.2. The van der Waals surface area contributed by atoms with Crippen molar-refractivity contribution < 1.29 is 13.8 Å². The van der Waals surface area contributed by atoms with E-state index in [9.17, 15) is 0 Å². The van der Waals surface area contributed by atoms with Gasteiger partial charge < -0.3 is 19.1 Å². The number of anilines is 1. The topological polar surface area (TPSA) is 99.1 Å². The number of ether oxygens (including phenoxy) is 1. The Morgan fingerprint density at radius 2 is 2.00 bits per heavy atom. The molecule has 1 N–H and O–H groups in total. The van der Waals surface area contributed by atoms with E-state index in [1.165, 1.54) is 0 Å². The highest BCUT2D eigenvalue weighted by atomic mass is 16.5. The lowest BCUT2D eigenvalue weighted by molar-refractivity contribution is 0.183. The van der Waals surface area contributed by atoms with Crippen LogP contribution in [-0.2, 0) is 11.2 Å². The van der Waals surface area contributed by atoms with E-state index in [1.807, 2.05) is 26.8 Å². The van der Waals surface area contributed by atoms with Gasteiger partial charge in [-0.15, -0.1) is 0 Å². The molecule has 1 aliphatic heterocycles. The second kappa shape index (κ2) is 5.86. The first kappa shape index (κ1) is 15.1. The molecule has 0 aliphatic carbocycles. The van der Waals surface area contributed by atoms with Gasteiger partial charge in [-0.25, -0.2) is 4.98 Å². The molecule has 1 fully saturated rings. The van der Waals surface area contributed by atoms with Gasteiger partial charge in [-0.2, -0.15) is 4.98 Å². The molecule has 4 heterocycles. The lowest BCUT2D eigenvalue weighted by atomic mass is 9.98. The van der Waals surface area contributed by atoms with Crippen LogP contribution in [0.2, 0.25) is 0 Å². The SMILES string of the molecule is Cc1cc(CC2COCC2Nc2nc(C)nc3onc(C)c23)on1. The summed E-state index contributed by atoms with van der Waals surface area (Å²) in [7, 11) is 0. The van der Waals surface area contributed by atoms with Crippen molar-refractivity contribution in [3.63, 3.8) is 0 Å². The molecule has 8 nitrogen and oxygen atoms in total. The van der Waals surface area contributed by atoms with Crippen LogP contribution >= 0.6 is 0 Å². The summed E-state index contributed by atoms with van der Waals surface area (Å²) >= 11 is 0. The van der Waals surface area contributed by atoms with Gasteiger partial charge in [0.05, 0.1) is 30.6 Å². The molecule has 2 unspecified atom stereocenters. The zero-order chi connectivity index (χ0) is 16.7. The molecule has 3 aromatic rings. The van der Waals surface area contributed by atoms with Gasteiger partial charge in [0.1, 0.15) is 22.8 Å². The van der Waals surface area contributed by atoms with Gasteiger partial charge in [0, 0.05) is 18.4 Å². The van der Waals surface area contributed by atoms with Gasteiger partial charge >= 0.3 is 0 Å². The van der Waals surface area contributed by atoms with E-state index in [1.54, 1.807) is 0 Å². The van der Waals surface area contributed by atoms with Crippen molar-refractivity contribution in [2.24, 2.45) is 5.92 Å². The van der Waals surface area contributed by atoms with Crippen LogP contribution in [0.5, 0.6) is 0 Å². The van der Waals surface area contributed by atoms with Crippen molar-refractivity contribution in [3.8, 4) is 0 Å². The Morgan fingerprint density at radius 3 is 2.79 bits per heavy atom. The first-order valence-corrected chi connectivity index (χ1v) is 7.97. The highest BCUT2D eigenvalue weighted by Crippen LogP contribution is 2.28. The smallest absolute Gasteiger partial charge is 0.263 e. The molecule has 1 aliphatic rings. The molecular weight excluding hydrogens is 310 g/mol. The summed E-state index contributed by atoms with van der Waals surface area (Å²) in [5.41, 5.74) is 2.17. The molecule has 4 rings (SSSR count). The summed E-state index contributed by atoms with van der Waals surface area (Å²) < 4.78 is 16.3. The summed E-state index contributed by atoms with van der Waals surface area (Å²) in [5.74, 6) is 2.54. The monoisotopic (exact) mass is 329 g/mol. The highest BCUT2D eigenvalue weighted by molar-refractivity contribution is 5.87. The van der Waals surface area contributed by atoms with Crippen molar-refractivity contribution >= 4 is 16.9 Å². The molecule has 126 valence electrons. The molecule has 3 aromatic heterocycles. The van der Waals surface area contributed by atoms with Crippen molar-refractivity contribution in [1.29, 1.82) is 0 Å². The summed E-state index contributed by atoms with van der Waals surface area (Å²) in [6.45, 7) is 6.93. The maximum absolute atomic E-state index is 5.67. The molecule has 8 heteroatoms. The Morgan fingerprint density at radius 1 is 1.12 bits per heavy atom. The molecule has 0 spiro atoms. The highest BCUT2D eigenvalue weighted by Gasteiger charge is 2.31. The molecule has 0 saturated carbocycles. The fourth-order valence-corrected chi connectivity index (χ4v) is 3.11. The number of aryl methyl sites for hydroxylation is 3. The molecule has 24 heavy (non-hydrogen) atoms. The molecule has 0 bridgehead atoms. The van der Waals surface area contributed by atoms with E-state index in [0.29, 0.717) is 24.8 Å². The molecule has 0 radical (unpaired) electrons. The maximum atomic E-state index is 5.67. The predicted octanol–water partition coefficient (Wildman–Crippen LogP) is 2.20. The number of nitrogens with one attached hydrogen (secondary N) is 1. The average Bonchev–Trinajstić information content (AvgIpc) is 3.23. The Hall–Kier alpha value is -2.48. The largest absolute Gasteiger partial charge is 0.379 e. The average molecular weight is 329 g/mol. The van der Waals surface area contributed by atoms with E-state index in [2.05, 4.69) is 25.6 Å². The van der Waals surface area contributed by atoms with Crippen molar-refractivity contribution in [2.45, 2.75) is 33.2 Å². The van der Waals surface area contributed by atoms with E-state index >= 15 is 0 Å². The standard InChI is InChI=1S/C16H19N5O3/c1-8-4-12(23-20-8)5-11-6-22-7-13(11)19-15-14-9(2)21-24-16(14)18-10(3)17-15/h4,11,13H,5-7H2,1-3H3,(H,17,18,19). The zero-order valence-corrected chi connectivity index (χ0v) is 13.9.